The highest BCUT2D eigenvalue weighted by molar-refractivity contribution is 5.19. The minimum absolute atomic E-state index is 0.163. The Kier molecular flexibility index (Phi) is 2.00. The van der Waals surface area contributed by atoms with Crippen LogP contribution in [0.1, 0.15) is 25.1 Å². The Bertz CT molecular complexity index is 288. The van der Waals surface area contributed by atoms with Crippen molar-refractivity contribution in [3.8, 4) is 5.88 Å². The SMILES string of the molecule is CC[C@@H](N)c1[nH]c(=O)[nH]c1O. The van der Waals surface area contributed by atoms with Gasteiger partial charge in [-0.25, -0.2) is 4.79 Å². The molecule has 1 rings (SSSR count). The molecule has 1 aromatic heterocycles. The molecule has 0 aliphatic heterocycles. The molecule has 0 saturated carbocycles. The van der Waals surface area contributed by atoms with Crippen molar-refractivity contribution in [2.75, 3.05) is 0 Å². The van der Waals surface area contributed by atoms with Gasteiger partial charge in [0.05, 0.1) is 11.7 Å². The number of aromatic amines is 2. The van der Waals surface area contributed by atoms with E-state index in [1.54, 1.807) is 0 Å². The predicted octanol–water partition coefficient (Wildman–Crippen LogP) is -0.182. The highest BCUT2D eigenvalue weighted by Gasteiger charge is 2.11. The van der Waals surface area contributed by atoms with Crippen molar-refractivity contribution in [2.45, 2.75) is 19.4 Å². The lowest BCUT2D eigenvalue weighted by atomic mass is 10.2. The summed E-state index contributed by atoms with van der Waals surface area (Å²) in [5.74, 6) is -0.163. The summed E-state index contributed by atoms with van der Waals surface area (Å²) in [5, 5.41) is 9.07. The smallest absolute Gasteiger partial charge is 0.326 e. The summed E-state index contributed by atoms with van der Waals surface area (Å²) in [5.41, 5.74) is 5.50. The number of imidazole rings is 1. The molecule has 0 radical (unpaired) electrons. The lowest BCUT2D eigenvalue weighted by Crippen LogP contribution is -2.11. The Labute approximate surface area is 63.3 Å². The van der Waals surface area contributed by atoms with E-state index in [4.69, 9.17) is 10.8 Å². The first-order valence-corrected chi connectivity index (χ1v) is 3.42. The number of hydrogen-bond acceptors (Lipinski definition) is 3. The van der Waals surface area contributed by atoms with Gasteiger partial charge in [0, 0.05) is 0 Å². The summed E-state index contributed by atoms with van der Waals surface area (Å²) in [4.78, 5) is 15.2. The molecule has 0 fully saturated rings. The molecule has 1 aromatic rings. The molecule has 0 aliphatic carbocycles. The molecule has 0 spiro atoms. The highest BCUT2D eigenvalue weighted by Crippen LogP contribution is 2.17. The van der Waals surface area contributed by atoms with Crippen molar-refractivity contribution < 1.29 is 5.11 Å². The molecular formula is C6H11N3O2. The molecule has 5 N–H and O–H groups in total. The second-order valence-corrected chi connectivity index (χ2v) is 2.36. The minimum atomic E-state index is -0.429. The van der Waals surface area contributed by atoms with Gasteiger partial charge in [0.1, 0.15) is 0 Å². The number of aromatic nitrogens is 2. The molecule has 0 bridgehead atoms. The van der Waals surface area contributed by atoms with Crippen LogP contribution < -0.4 is 11.4 Å². The van der Waals surface area contributed by atoms with E-state index in [0.29, 0.717) is 12.1 Å². The fourth-order valence-corrected chi connectivity index (χ4v) is 0.860. The number of rotatable bonds is 2. The minimum Gasteiger partial charge on any atom is -0.493 e. The first-order valence-electron chi connectivity index (χ1n) is 3.42. The maximum Gasteiger partial charge on any atom is 0.326 e. The number of H-pyrrole nitrogens is 2. The van der Waals surface area contributed by atoms with Crippen LogP contribution in [0.5, 0.6) is 5.88 Å². The van der Waals surface area contributed by atoms with Crippen molar-refractivity contribution >= 4 is 0 Å². The summed E-state index contributed by atoms with van der Waals surface area (Å²) < 4.78 is 0. The molecule has 0 aliphatic rings. The van der Waals surface area contributed by atoms with E-state index in [1.165, 1.54) is 0 Å². The number of aromatic hydroxyl groups is 1. The Morgan fingerprint density at radius 2 is 2.27 bits per heavy atom. The van der Waals surface area contributed by atoms with Crippen LogP contribution in [0.4, 0.5) is 0 Å². The van der Waals surface area contributed by atoms with E-state index in [-0.39, 0.29) is 11.9 Å². The molecule has 1 heterocycles. The molecule has 0 amide bonds. The van der Waals surface area contributed by atoms with Crippen LogP contribution in [0, 0.1) is 0 Å². The topological polar surface area (TPSA) is 94.9 Å². The predicted molar refractivity (Wildman–Crippen MR) is 40.3 cm³/mol. The van der Waals surface area contributed by atoms with Crippen molar-refractivity contribution in [3.05, 3.63) is 16.2 Å². The van der Waals surface area contributed by atoms with Gasteiger partial charge >= 0.3 is 5.69 Å². The molecule has 0 aromatic carbocycles. The summed E-state index contributed by atoms with van der Waals surface area (Å²) in [6.07, 6.45) is 0.668. The summed E-state index contributed by atoms with van der Waals surface area (Å²) in [7, 11) is 0. The number of nitrogens with two attached hydrogens (primary N) is 1. The van der Waals surface area contributed by atoms with Crippen LogP contribution >= 0.6 is 0 Å². The monoisotopic (exact) mass is 157 g/mol. The van der Waals surface area contributed by atoms with Crippen molar-refractivity contribution in [2.24, 2.45) is 5.73 Å². The Morgan fingerprint density at radius 1 is 1.64 bits per heavy atom. The van der Waals surface area contributed by atoms with Gasteiger partial charge < -0.3 is 15.8 Å². The average molecular weight is 157 g/mol. The van der Waals surface area contributed by atoms with E-state index in [9.17, 15) is 4.79 Å². The fraction of sp³-hybridized carbons (Fsp3) is 0.500. The van der Waals surface area contributed by atoms with E-state index >= 15 is 0 Å². The Balaban J connectivity index is 3.02. The van der Waals surface area contributed by atoms with Gasteiger partial charge in [-0.2, -0.15) is 0 Å². The number of hydrogen-bond donors (Lipinski definition) is 4. The fourth-order valence-electron chi connectivity index (χ4n) is 0.860. The molecule has 5 nitrogen and oxygen atoms in total. The third-order valence-corrected chi connectivity index (χ3v) is 1.55. The first-order chi connectivity index (χ1) is 5.15. The van der Waals surface area contributed by atoms with Crippen molar-refractivity contribution in [1.29, 1.82) is 0 Å². The van der Waals surface area contributed by atoms with E-state index in [0.717, 1.165) is 0 Å². The van der Waals surface area contributed by atoms with E-state index in [1.807, 2.05) is 6.92 Å². The average Bonchev–Trinajstić information content (AvgIpc) is 2.28. The molecule has 62 valence electrons. The zero-order valence-corrected chi connectivity index (χ0v) is 6.22. The maximum atomic E-state index is 10.6. The van der Waals surface area contributed by atoms with E-state index in [2.05, 4.69) is 9.97 Å². The normalized spacial score (nSPS) is 13.3. The standard InChI is InChI=1S/C6H11N3O2/c1-2-3(7)4-5(10)9-6(11)8-4/h3,10H,2,7H2,1H3,(H2,8,9,11)/t3-/m1/s1. The van der Waals surface area contributed by atoms with Crippen LogP contribution in [0.25, 0.3) is 0 Å². The summed E-state index contributed by atoms with van der Waals surface area (Å²) in [6, 6.07) is -0.311. The zero-order valence-electron chi connectivity index (χ0n) is 6.22. The van der Waals surface area contributed by atoms with Crippen LogP contribution in [0.2, 0.25) is 0 Å². The van der Waals surface area contributed by atoms with Gasteiger partial charge in [-0.05, 0) is 6.42 Å². The number of nitrogens with one attached hydrogen (secondary N) is 2. The first kappa shape index (κ1) is 7.87. The summed E-state index contributed by atoms with van der Waals surface area (Å²) in [6.45, 7) is 1.87. The summed E-state index contributed by atoms with van der Waals surface area (Å²) >= 11 is 0. The molecule has 0 unspecified atom stereocenters. The second kappa shape index (κ2) is 2.79. The largest absolute Gasteiger partial charge is 0.493 e. The van der Waals surface area contributed by atoms with Crippen molar-refractivity contribution in [3.63, 3.8) is 0 Å². The molecule has 5 heteroatoms. The van der Waals surface area contributed by atoms with Gasteiger partial charge in [0.2, 0.25) is 5.88 Å². The van der Waals surface area contributed by atoms with Gasteiger partial charge in [0.15, 0.2) is 0 Å². The Hall–Kier alpha value is -1.23. The van der Waals surface area contributed by atoms with Gasteiger partial charge in [-0.15, -0.1) is 0 Å². The second-order valence-electron chi connectivity index (χ2n) is 2.36. The Morgan fingerprint density at radius 3 is 2.64 bits per heavy atom. The maximum absolute atomic E-state index is 10.6. The molecule has 1 atom stereocenters. The van der Waals surface area contributed by atoms with Crippen LogP contribution in [-0.4, -0.2) is 15.1 Å². The van der Waals surface area contributed by atoms with Gasteiger partial charge in [-0.3, -0.25) is 4.98 Å². The highest BCUT2D eigenvalue weighted by atomic mass is 16.3. The lowest BCUT2D eigenvalue weighted by Gasteiger charge is -2.04. The molecule has 11 heavy (non-hydrogen) atoms. The van der Waals surface area contributed by atoms with Gasteiger partial charge in [-0.1, -0.05) is 6.92 Å². The third kappa shape index (κ3) is 1.43. The van der Waals surface area contributed by atoms with Crippen LogP contribution in [-0.2, 0) is 0 Å². The lowest BCUT2D eigenvalue weighted by molar-refractivity contribution is 0.441. The van der Waals surface area contributed by atoms with E-state index < -0.39 is 5.69 Å². The quantitative estimate of drug-likeness (QED) is 0.479. The molecule has 0 saturated heterocycles. The van der Waals surface area contributed by atoms with Crippen LogP contribution in [0.3, 0.4) is 0 Å². The zero-order chi connectivity index (χ0) is 8.43. The van der Waals surface area contributed by atoms with Gasteiger partial charge in [0.25, 0.3) is 0 Å². The molecular weight excluding hydrogens is 146 g/mol. The third-order valence-electron chi connectivity index (χ3n) is 1.55. The van der Waals surface area contributed by atoms with Crippen LogP contribution in [0.15, 0.2) is 4.79 Å². The van der Waals surface area contributed by atoms with Crippen molar-refractivity contribution in [1.82, 2.24) is 9.97 Å².